The van der Waals surface area contributed by atoms with Gasteiger partial charge in [-0.3, -0.25) is 0 Å². The molecule has 1 heterocycles. The van der Waals surface area contributed by atoms with E-state index in [-0.39, 0.29) is 6.03 Å². The van der Waals surface area contributed by atoms with Crippen molar-refractivity contribution in [3.63, 3.8) is 0 Å². The Morgan fingerprint density at radius 1 is 1.12 bits per heavy atom. The summed E-state index contributed by atoms with van der Waals surface area (Å²) in [5.74, 6) is 0.624. The van der Waals surface area contributed by atoms with Crippen molar-refractivity contribution >= 4 is 34.7 Å². The minimum Gasteiger partial charge on any atom is -0.495 e. The maximum atomic E-state index is 12.3. The van der Waals surface area contributed by atoms with Gasteiger partial charge in [0.1, 0.15) is 5.75 Å². The fourth-order valence-electron chi connectivity index (χ4n) is 2.82. The second-order valence-corrected chi connectivity index (χ2v) is 6.10. The van der Waals surface area contributed by atoms with Gasteiger partial charge >= 0.3 is 6.03 Å². The highest BCUT2D eigenvalue weighted by molar-refractivity contribution is 6.30. The van der Waals surface area contributed by atoms with Crippen LogP contribution in [-0.2, 0) is 0 Å². The number of benzene rings is 2. The fraction of sp³-hybridized carbons (Fsp3) is 0.278. The number of hydrogen-bond acceptors (Lipinski definition) is 3. The van der Waals surface area contributed by atoms with E-state index in [2.05, 4.69) is 15.5 Å². The first-order valence-corrected chi connectivity index (χ1v) is 8.30. The Labute approximate surface area is 146 Å². The van der Waals surface area contributed by atoms with Gasteiger partial charge < -0.3 is 20.3 Å². The van der Waals surface area contributed by atoms with Crippen LogP contribution in [0.2, 0.25) is 5.02 Å². The third kappa shape index (κ3) is 3.92. The number of amides is 2. The summed E-state index contributed by atoms with van der Waals surface area (Å²) in [6, 6.07) is 12.5. The zero-order valence-electron chi connectivity index (χ0n) is 13.5. The van der Waals surface area contributed by atoms with Gasteiger partial charge in [0.15, 0.2) is 0 Å². The van der Waals surface area contributed by atoms with Crippen LogP contribution in [0.25, 0.3) is 0 Å². The van der Waals surface area contributed by atoms with Gasteiger partial charge in [-0.25, -0.2) is 4.79 Å². The van der Waals surface area contributed by atoms with Crippen LogP contribution >= 0.6 is 11.6 Å². The number of halogens is 1. The normalized spacial score (nSPS) is 13.7. The Hall–Kier alpha value is -2.40. The summed E-state index contributed by atoms with van der Waals surface area (Å²) in [6.07, 6.45) is 2.40. The Kier molecular flexibility index (Phi) is 5.11. The monoisotopic (exact) mass is 345 g/mol. The van der Waals surface area contributed by atoms with Crippen LogP contribution in [-0.4, -0.2) is 26.2 Å². The van der Waals surface area contributed by atoms with Crippen LogP contribution in [0.15, 0.2) is 42.5 Å². The molecule has 5 nitrogen and oxygen atoms in total. The van der Waals surface area contributed by atoms with Crippen molar-refractivity contribution in [2.24, 2.45) is 0 Å². The smallest absolute Gasteiger partial charge is 0.323 e. The number of urea groups is 1. The molecule has 0 spiro atoms. The van der Waals surface area contributed by atoms with Crippen molar-refractivity contribution in [1.29, 1.82) is 0 Å². The number of carbonyl (C=O) groups excluding carboxylic acids is 1. The number of methoxy groups -OCH3 is 1. The van der Waals surface area contributed by atoms with Gasteiger partial charge in [0.25, 0.3) is 0 Å². The fourth-order valence-corrected chi connectivity index (χ4v) is 3.01. The van der Waals surface area contributed by atoms with Crippen LogP contribution in [0, 0.1) is 0 Å². The summed E-state index contributed by atoms with van der Waals surface area (Å²) < 4.78 is 5.35. The number of ether oxygens (including phenoxy) is 1. The number of nitrogens with one attached hydrogen (secondary N) is 2. The second kappa shape index (κ2) is 7.45. The van der Waals surface area contributed by atoms with Crippen molar-refractivity contribution in [1.82, 2.24) is 0 Å². The number of rotatable bonds is 4. The van der Waals surface area contributed by atoms with Gasteiger partial charge in [-0.1, -0.05) is 17.7 Å². The van der Waals surface area contributed by atoms with Crippen LogP contribution in [0.5, 0.6) is 5.75 Å². The van der Waals surface area contributed by atoms with Gasteiger partial charge in [-0.05, 0) is 49.2 Å². The van der Waals surface area contributed by atoms with E-state index in [1.807, 2.05) is 18.2 Å². The molecule has 1 aliphatic heterocycles. The largest absolute Gasteiger partial charge is 0.495 e. The predicted octanol–water partition coefficient (Wildman–Crippen LogP) is 4.59. The highest BCUT2D eigenvalue weighted by Gasteiger charge is 2.15. The maximum Gasteiger partial charge on any atom is 0.323 e. The highest BCUT2D eigenvalue weighted by atomic mass is 35.5. The molecule has 1 fully saturated rings. The lowest BCUT2D eigenvalue weighted by Crippen LogP contribution is -2.21. The summed E-state index contributed by atoms with van der Waals surface area (Å²) in [4.78, 5) is 14.6. The van der Waals surface area contributed by atoms with Crippen molar-refractivity contribution < 1.29 is 9.53 Å². The summed E-state index contributed by atoms with van der Waals surface area (Å²) in [6.45, 7) is 2.08. The standard InChI is InChI=1S/C18H20ClN3O2/c1-24-17-8-7-15(22-9-2-3-10-22)12-16(17)21-18(23)20-14-6-4-5-13(19)11-14/h4-8,11-12H,2-3,9-10H2,1H3,(H2,20,21,23). The molecular weight excluding hydrogens is 326 g/mol. The molecular formula is C18H20ClN3O2. The molecule has 2 N–H and O–H groups in total. The first-order valence-electron chi connectivity index (χ1n) is 7.92. The van der Waals surface area contributed by atoms with Crippen molar-refractivity contribution in [3.8, 4) is 5.75 Å². The van der Waals surface area contributed by atoms with Gasteiger partial charge in [0, 0.05) is 29.5 Å². The molecule has 0 unspecified atom stereocenters. The minimum absolute atomic E-state index is 0.339. The lowest BCUT2D eigenvalue weighted by atomic mass is 10.2. The van der Waals surface area contributed by atoms with Crippen LogP contribution < -0.4 is 20.3 Å². The van der Waals surface area contributed by atoms with Crippen LogP contribution in [0.4, 0.5) is 21.9 Å². The zero-order valence-corrected chi connectivity index (χ0v) is 14.3. The molecule has 0 saturated carbocycles. The molecule has 3 rings (SSSR count). The first-order chi connectivity index (χ1) is 11.7. The van der Waals surface area contributed by atoms with Crippen molar-refractivity contribution in [2.45, 2.75) is 12.8 Å². The van der Waals surface area contributed by atoms with E-state index >= 15 is 0 Å². The van der Waals surface area contributed by atoms with Gasteiger partial charge in [0.05, 0.1) is 12.8 Å². The molecule has 0 aliphatic carbocycles. The second-order valence-electron chi connectivity index (χ2n) is 5.67. The molecule has 126 valence electrons. The third-order valence-corrected chi connectivity index (χ3v) is 4.22. The summed E-state index contributed by atoms with van der Waals surface area (Å²) >= 11 is 5.93. The van der Waals surface area contributed by atoms with Crippen molar-refractivity contribution in [3.05, 3.63) is 47.5 Å². The summed E-state index contributed by atoms with van der Waals surface area (Å²) in [5.41, 5.74) is 2.36. The molecule has 1 saturated heterocycles. The minimum atomic E-state index is -0.339. The molecule has 0 radical (unpaired) electrons. The lowest BCUT2D eigenvalue weighted by molar-refractivity contribution is 0.262. The molecule has 6 heteroatoms. The van der Waals surface area contributed by atoms with Gasteiger partial charge in [0.2, 0.25) is 0 Å². The molecule has 2 aromatic rings. The van der Waals surface area contributed by atoms with E-state index in [0.29, 0.717) is 22.1 Å². The summed E-state index contributed by atoms with van der Waals surface area (Å²) in [5, 5.41) is 6.19. The topological polar surface area (TPSA) is 53.6 Å². The van der Waals surface area contributed by atoms with Gasteiger partial charge in [-0.2, -0.15) is 0 Å². The van der Waals surface area contributed by atoms with Gasteiger partial charge in [-0.15, -0.1) is 0 Å². The van der Waals surface area contributed by atoms with E-state index in [1.54, 1.807) is 31.4 Å². The maximum absolute atomic E-state index is 12.3. The van der Waals surface area contributed by atoms with Crippen LogP contribution in [0.3, 0.4) is 0 Å². The zero-order chi connectivity index (χ0) is 16.9. The molecule has 0 aromatic heterocycles. The Morgan fingerprint density at radius 2 is 1.92 bits per heavy atom. The quantitative estimate of drug-likeness (QED) is 0.852. The first kappa shape index (κ1) is 16.5. The average molecular weight is 346 g/mol. The number of nitrogens with zero attached hydrogens (tertiary/aromatic N) is 1. The van der Waals surface area contributed by atoms with E-state index in [4.69, 9.17) is 16.3 Å². The predicted molar refractivity (Wildman–Crippen MR) is 98.5 cm³/mol. The number of carbonyl (C=O) groups is 1. The molecule has 24 heavy (non-hydrogen) atoms. The molecule has 2 aromatic carbocycles. The Balaban J connectivity index is 1.74. The molecule has 1 aliphatic rings. The van der Waals surface area contributed by atoms with E-state index < -0.39 is 0 Å². The molecule has 0 atom stereocenters. The molecule has 2 amide bonds. The lowest BCUT2D eigenvalue weighted by Gasteiger charge is -2.20. The van der Waals surface area contributed by atoms with Crippen LogP contribution in [0.1, 0.15) is 12.8 Å². The van der Waals surface area contributed by atoms with Crippen molar-refractivity contribution in [2.75, 3.05) is 35.7 Å². The average Bonchev–Trinajstić information content (AvgIpc) is 3.09. The molecule has 0 bridgehead atoms. The number of hydrogen-bond donors (Lipinski definition) is 2. The Bertz CT molecular complexity index is 730. The summed E-state index contributed by atoms with van der Waals surface area (Å²) in [7, 11) is 1.59. The third-order valence-electron chi connectivity index (χ3n) is 3.98. The Morgan fingerprint density at radius 3 is 2.62 bits per heavy atom. The SMILES string of the molecule is COc1ccc(N2CCCC2)cc1NC(=O)Nc1cccc(Cl)c1. The van der Waals surface area contributed by atoms with E-state index in [0.717, 1.165) is 18.8 Å². The highest BCUT2D eigenvalue weighted by Crippen LogP contribution is 2.31. The van der Waals surface area contributed by atoms with E-state index in [1.165, 1.54) is 12.8 Å². The number of anilines is 3. The van der Waals surface area contributed by atoms with E-state index in [9.17, 15) is 4.79 Å².